The number of rotatable bonds is 3. The summed E-state index contributed by atoms with van der Waals surface area (Å²) < 4.78 is 1.70. The predicted octanol–water partition coefficient (Wildman–Crippen LogP) is 2.44. The molecule has 0 bridgehead atoms. The SMILES string of the molecule is Cc1nc2c(C)cc(C(=O)N3CCCc4cc(CCN)ccc43)cn2n1. The van der Waals surface area contributed by atoms with Crippen LogP contribution in [0.2, 0.25) is 0 Å². The van der Waals surface area contributed by atoms with E-state index < -0.39 is 0 Å². The van der Waals surface area contributed by atoms with Crippen molar-refractivity contribution in [2.75, 3.05) is 18.0 Å². The van der Waals surface area contributed by atoms with Crippen molar-refractivity contribution >= 4 is 17.2 Å². The third-order valence-corrected chi connectivity index (χ3v) is 4.91. The molecule has 0 spiro atoms. The molecule has 0 atom stereocenters. The number of aromatic nitrogens is 3. The van der Waals surface area contributed by atoms with Crippen molar-refractivity contribution in [2.24, 2.45) is 5.73 Å². The Balaban J connectivity index is 1.71. The Morgan fingerprint density at radius 1 is 1.27 bits per heavy atom. The monoisotopic (exact) mass is 349 g/mol. The zero-order chi connectivity index (χ0) is 18.3. The van der Waals surface area contributed by atoms with E-state index in [4.69, 9.17) is 5.73 Å². The maximum Gasteiger partial charge on any atom is 0.259 e. The van der Waals surface area contributed by atoms with E-state index in [1.807, 2.05) is 24.8 Å². The molecular formula is C20H23N5O. The highest BCUT2D eigenvalue weighted by molar-refractivity contribution is 6.06. The second-order valence-corrected chi connectivity index (χ2v) is 6.90. The van der Waals surface area contributed by atoms with Crippen LogP contribution in [0.15, 0.2) is 30.5 Å². The molecule has 0 aliphatic carbocycles. The fourth-order valence-corrected chi connectivity index (χ4v) is 3.71. The van der Waals surface area contributed by atoms with E-state index in [9.17, 15) is 4.79 Å². The molecule has 6 heteroatoms. The summed E-state index contributed by atoms with van der Waals surface area (Å²) in [6.07, 6.45) is 4.61. The van der Waals surface area contributed by atoms with Crippen LogP contribution in [0.4, 0.5) is 5.69 Å². The van der Waals surface area contributed by atoms with Crippen molar-refractivity contribution in [3.05, 3.63) is 58.5 Å². The number of nitrogens with zero attached hydrogens (tertiary/aromatic N) is 4. The average molecular weight is 349 g/mol. The molecule has 0 saturated heterocycles. The summed E-state index contributed by atoms with van der Waals surface area (Å²) in [5, 5.41) is 4.36. The molecule has 2 N–H and O–H groups in total. The summed E-state index contributed by atoms with van der Waals surface area (Å²) in [4.78, 5) is 19.5. The van der Waals surface area contributed by atoms with Gasteiger partial charge in [-0.1, -0.05) is 12.1 Å². The number of nitrogens with two attached hydrogens (primary N) is 1. The van der Waals surface area contributed by atoms with Crippen LogP contribution in [0, 0.1) is 13.8 Å². The number of aryl methyl sites for hydroxylation is 3. The fraction of sp³-hybridized carbons (Fsp3) is 0.350. The smallest absolute Gasteiger partial charge is 0.259 e. The van der Waals surface area contributed by atoms with Crippen LogP contribution >= 0.6 is 0 Å². The molecule has 3 heterocycles. The van der Waals surface area contributed by atoms with E-state index in [0.717, 1.165) is 42.7 Å². The minimum absolute atomic E-state index is 0.00989. The number of benzene rings is 1. The Labute approximate surface area is 152 Å². The standard InChI is InChI=1S/C20H23N5O/c1-13-10-17(12-25-19(13)22-14(2)23-25)20(26)24-9-3-4-16-11-15(7-8-21)5-6-18(16)24/h5-6,10-12H,3-4,7-9,21H2,1-2H3. The first kappa shape index (κ1) is 16.7. The summed E-state index contributed by atoms with van der Waals surface area (Å²) >= 11 is 0. The highest BCUT2D eigenvalue weighted by atomic mass is 16.2. The van der Waals surface area contributed by atoms with Crippen LogP contribution in [-0.2, 0) is 12.8 Å². The maximum absolute atomic E-state index is 13.2. The first-order valence-electron chi connectivity index (χ1n) is 9.04. The molecule has 2 aromatic heterocycles. The van der Waals surface area contributed by atoms with Crippen molar-refractivity contribution in [1.82, 2.24) is 14.6 Å². The molecule has 1 aliphatic rings. The number of carbonyl (C=O) groups is 1. The second-order valence-electron chi connectivity index (χ2n) is 6.90. The van der Waals surface area contributed by atoms with Crippen LogP contribution < -0.4 is 10.6 Å². The van der Waals surface area contributed by atoms with Gasteiger partial charge in [-0.25, -0.2) is 9.50 Å². The molecule has 1 aliphatic heterocycles. The zero-order valence-electron chi connectivity index (χ0n) is 15.2. The van der Waals surface area contributed by atoms with Gasteiger partial charge < -0.3 is 10.6 Å². The Morgan fingerprint density at radius 2 is 2.12 bits per heavy atom. The summed E-state index contributed by atoms with van der Waals surface area (Å²) in [7, 11) is 0. The lowest BCUT2D eigenvalue weighted by Gasteiger charge is -2.30. The fourth-order valence-electron chi connectivity index (χ4n) is 3.71. The predicted molar refractivity (Wildman–Crippen MR) is 102 cm³/mol. The van der Waals surface area contributed by atoms with Crippen LogP contribution in [0.3, 0.4) is 0 Å². The van der Waals surface area contributed by atoms with Gasteiger partial charge >= 0.3 is 0 Å². The lowest BCUT2D eigenvalue weighted by molar-refractivity contribution is 0.0984. The lowest BCUT2D eigenvalue weighted by atomic mass is 9.97. The molecule has 0 fully saturated rings. The number of anilines is 1. The van der Waals surface area contributed by atoms with Gasteiger partial charge in [0.2, 0.25) is 0 Å². The molecule has 0 unspecified atom stereocenters. The maximum atomic E-state index is 13.2. The largest absolute Gasteiger partial charge is 0.330 e. The van der Waals surface area contributed by atoms with E-state index in [0.29, 0.717) is 17.9 Å². The Kier molecular flexibility index (Phi) is 4.20. The van der Waals surface area contributed by atoms with Gasteiger partial charge in [0.15, 0.2) is 5.65 Å². The molecule has 4 rings (SSSR count). The van der Waals surface area contributed by atoms with Crippen molar-refractivity contribution < 1.29 is 4.79 Å². The van der Waals surface area contributed by atoms with Gasteiger partial charge in [-0.05, 0) is 68.5 Å². The summed E-state index contributed by atoms with van der Waals surface area (Å²) in [5.74, 6) is 0.712. The van der Waals surface area contributed by atoms with E-state index in [-0.39, 0.29) is 5.91 Å². The lowest BCUT2D eigenvalue weighted by Crippen LogP contribution is -2.35. The van der Waals surface area contributed by atoms with Gasteiger partial charge in [0.1, 0.15) is 5.82 Å². The molecule has 3 aromatic rings. The molecule has 0 radical (unpaired) electrons. The quantitative estimate of drug-likeness (QED) is 0.788. The van der Waals surface area contributed by atoms with Gasteiger partial charge in [-0.15, -0.1) is 0 Å². The minimum Gasteiger partial charge on any atom is -0.330 e. The number of pyridine rings is 1. The van der Waals surface area contributed by atoms with E-state index in [2.05, 4.69) is 28.3 Å². The highest BCUT2D eigenvalue weighted by Crippen LogP contribution is 2.29. The Bertz CT molecular complexity index is 991. The van der Waals surface area contributed by atoms with Gasteiger partial charge in [0.05, 0.1) is 5.56 Å². The third kappa shape index (κ3) is 2.86. The first-order chi connectivity index (χ1) is 12.6. The van der Waals surface area contributed by atoms with Crippen LogP contribution in [0.1, 0.15) is 39.3 Å². The summed E-state index contributed by atoms with van der Waals surface area (Å²) in [5.41, 5.74) is 11.5. The highest BCUT2D eigenvalue weighted by Gasteiger charge is 2.24. The first-order valence-corrected chi connectivity index (χ1v) is 9.04. The van der Waals surface area contributed by atoms with Gasteiger partial charge in [-0.3, -0.25) is 4.79 Å². The van der Waals surface area contributed by atoms with E-state index >= 15 is 0 Å². The summed E-state index contributed by atoms with van der Waals surface area (Å²) in [6, 6.07) is 8.23. The molecule has 6 nitrogen and oxygen atoms in total. The number of hydrogen-bond donors (Lipinski definition) is 1. The van der Waals surface area contributed by atoms with Gasteiger partial charge in [0.25, 0.3) is 5.91 Å². The van der Waals surface area contributed by atoms with Crippen LogP contribution in [0.25, 0.3) is 5.65 Å². The number of carbonyl (C=O) groups excluding carboxylic acids is 1. The molecule has 134 valence electrons. The second kappa shape index (κ2) is 6.53. The summed E-state index contributed by atoms with van der Waals surface area (Å²) in [6.45, 7) is 5.19. The van der Waals surface area contributed by atoms with Gasteiger partial charge in [0, 0.05) is 18.4 Å². The van der Waals surface area contributed by atoms with E-state index in [1.165, 1.54) is 11.1 Å². The van der Waals surface area contributed by atoms with Crippen molar-refractivity contribution in [2.45, 2.75) is 33.1 Å². The molecule has 0 saturated carbocycles. The number of hydrogen-bond acceptors (Lipinski definition) is 4. The topological polar surface area (TPSA) is 76.5 Å². The minimum atomic E-state index is 0.00989. The van der Waals surface area contributed by atoms with Crippen molar-refractivity contribution in [3.63, 3.8) is 0 Å². The Hall–Kier alpha value is -2.73. The third-order valence-electron chi connectivity index (χ3n) is 4.91. The van der Waals surface area contributed by atoms with Crippen LogP contribution in [-0.4, -0.2) is 33.6 Å². The number of fused-ring (bicyclic) bond motifs is 2. The van der Waals surface area contributed by atoms with E-state index in [1.54, 1.807) is 10.7 Å². The zero-order valence-corrected chi connectivity index (χ0v) is 15.2. The van der Waals surface area contributed by atoms with Crippen molar-refractivity contribution in [3.8, 4) is 0 Å². The number of amides is 1. The molecular weight excluding hydrogens is 326 g/mol. The average Bonchev–Trinajstić information content (AvgIpc) is 3.01. The van der Waals surface area contributed by atoms with Gasteiger partial charge in [-0.2, -0.15) is 5.10 Å². The molecule has 26 heavy (non-hydrogen) atoms. The Morgan fingerprint density at radius 3 is 2.92 bits per heavy atom. The van der Waals surface area contributed by atoms with Crippen molar-refractivity contribution in [1.29, 1.82) is 0 Å². The molecule has 1 aromatic carbocycles. The molecule has 1 amide bonds. The van der Waals surface area contributed by atoms with Crippen LogP contribution in [0.5, 0.6) is 0 Å². The normalized spacial score (nSPS) is 13.9.